The van der Waals surface area contributed by atoms with Gasteiger partial charge in [-0.15, -0.1) is 11.6 Å². The lowest BCUT2D eigenvalue weighted by atomic mass is 10.0. The zero-order valence-electron chi connectivity index (χ0n) is 8.63. The molecule has 0 saturated carbocycles. The fraction of sp³-hybridized carbons (Fsp3) is 0.0769. The Labute approximate surface area is 108 Å². The van der Waals surface area contributed by atoms with Crippen LogP contribution in [0.3, 0.4) is 0 Å². The van der Waals surface area contributed by atoms with Gasteiger partial charge in [0, 0.05) is 5.56 Å². The Balaban J connectivity index is 2.44. The van der Waals surface area contributed by atoms with E-state index in [4.69, 9.17) is 23.2 Å². The van der Waals surface area contributed by atoms with E-state index in [-0.39, 0.29) is 10.6 Å². The van der Waals surface area contributed by atoms with Gasteiger partial charge in [-0.3, -0.25) is 0 Å². The standard InChI is InChI=1S/C13H8Cl2F2/c14-10-7-11(16)9(6-12(10)17)13(15)8-4-2-1-3-5-8/h1-7,13H. The largest absolute Gasteiger partial charge is 0.207 e. The zero-order chi connectivity index (χ0) is 12.4. The van der Waals surface area contributed by atoms with E-state index >= 15 is 0 Å². The summed E-state index contributed by atoms with van der Waals surface area (Å²) in [6, 6.07) is 10.9. The van der Waals surface area contributed by atoms with E-state index in [1.54, 1.807) is 24.3 Å². The Kier molecular flexibility index (Phi) is 3.65. The van der Waals surface area contributed by atoms with Crippen LogP contribution in [-0.4, -0.2) is 0 Å². The summed E-state index contributed by atoms with van der Waals surface area (Å²) in [6.07, 6.45) is 0. The molecule has 1 unspecified atom stereocenters. The maximum Gasteiger partial charge on any atom is 0.142 e. The lowest BCUT2D eigenvalue weighted by molar-refractivity contribution is 0.587. The summed E-state index contributed by atoms with van der Waals surface area (Å²) in [5.74, 6) is -1.29. The molecule has 1 atom stereocenters. The highest BCUT2D eigenvalue weighted by atomic mass is 35.5. The highest BCUT2D eigenvalue weighted by molar-refractivity contribution is 6.30. The number of hydrogen-bond donors (Lipinski definition) is 0. The maximum absolute atomic E-state index is 13.6. The predicted molar refractivity (Wildman–Crippen MR) is 65.5 cm³/mol. The number of hydrogen-bond acceptors (Lipinski definition) is 0. The molecule has 0 aromatic heterocycles. The highest BCUT2D eigenvalue weighted by Crippen LogP contribution is 2.32. The second-order valence-electron chi connectivity index (χ2n) is 3.56. The van der Waals surface area contributed by atoms with Crippen LogP contribution in [0.1, 0.15) is 16.5 Å². The van der Waals surface area contributed by atoms with Gasteiger partial charge in [-0.05, 0) is 17.7 Å². The first-order chi connectivity index (χ1) is 8.09. The van der Waals surface area contributed by atoms with Gasteiger partial charge in [0.1, 0.15) is 11.6 Å². The number of rotatable bonds is 2. The van der Waals surface area contributed by atoms with E-state index < -0.39 is 17.0 Å². The Morgan fingerprint density at radius 2 is 1.59 bits per heavy atom. The molecule has 17 heavy (non-hydrogen) atoms. The lowest BCUT2D eigenvalue weighted by Crippen LogP contribution is -1.98. The highest BCUT2D eigenvalue weighted by Gasteiger charge is 2.17. The normalized spacial score (nSPS) is 12.5. The average Bonchev–Trinajstić information content (AvgIpc) is 2.34. The molecule has 0 amide bonds. The number of benzene rings is 2. The molecule has 0 aliphatic rings. The molecule has 0 saturated heterocycles. The third kappa shape index (κ3) is 2.59. The Morgan fingerprint density at radius 3 is 2.24 bits per heavy atom. The second-order valence-corrected chi connectivity index (χ2v) is 4.40. The zero-order valence-corrected chi connectivity index (χ0v) is 10.1. The summed E-state index contributed by atoms with van der Waals surface area (Å²) >= 11 is 11.6. The van der Waals surface area contributed by atoms with Crippen molar-refractivity contribution in [3.05, 3.63) is 70.2 Å². The van der Waals surface area contributed by atoms with Crippen LogP contribution in [0.4, 0.5) is 8.78 Å². The minimum Gasteiger partial charge on any atom is -0.207 e. The van der Waals surface area contributed by atoms with Crippen molar-refractivity contribution in [2.24, 2.45) is 0 Å². The summed E-state index contributed by atoms with van der Waals surface area (Å²) in [5.41, 5.74) is 0.787. The summed E-state index contributed by atoms with van der Waals surface area (Å²) in [6.45, 7) is 0. The van der Waals surface area contributed by atoms with E-state index in [0.717, 1.165) is 12.1 Å². The van der Waals surface area contributed by atoms with Crippen LogP contribution in [0.2, 0.25) is 5.02 Å². The minimum absolute atomic E-state index is 0.0831. The maximum atomic E-state index is 13.6. The van der Waals surface area contributed by atoms with Crippen LogP contribution >= 0.6 is 23.2 Å². The molecule has 0 spiro atoms. The third-order valence-corrected chi connectivity index (χ3v) is 3.18. The summed E-state index contributed by atoms with van der Waals surface area (Å²) in [5, 5.41) is -0.980. The van der Waals surface area contributed by atoms with E-state index in [0.29, 0.717) is 5.56 Å². The van der Waals surface area contributed by atoms with Gasteiger partial charge in [0.25, 0.3) is 0 Å². The molecule has 0 nitrogen and oxygen atoms in total. The molecule has 0 fully saturated rings. The first-order valence-electron chi connectivity index (χ1n) is 4.93. The van der Waals surface area contributed by atoms with Gasteiger partial charge in [0.2, 0.25) is 0 Å². The Bertz CT molecular complexity index is 526. The summed E-state index contributed by atoms with van der Waals surface area (Å²) in [7, 11) is 0. The smallest absolute Gasteiger partial charge is 0.142 e. The van der Waals surface area contributed by atoms with E-state index in [9.17, 15) is 8.78 Å². The van der Waals surface area contributed by atoms with Crippen LogP contribution in [-0.2, 0) is 0 Å². The minimum atomic E-state index is -0.733. The Morgan fingerprint density at radius 1 is 0.941 bits per heavy atom. The van der Waals surface area contributed by atoms with Crippen molar-refractivity contribution in [2.45, 2.75) is 5.38 Å². The van der Waals surface area contributed by atoms with Gasteiger partial charge in [0.05, 0.1) is 10.4 Å². The van der Waals surface area contributed by atoms with Crippen molar-refractivity contribution < 1.29 is 8.78 Å². The molecule has 4 heteroatoms. The SMILES string of the molecule is Fc1cc(C(Cl)c2ccccc2)c(F)cc1Cl. The first-order valence-corrected chi connectivity index (χ1v) is 5.74. The van der Waals surface area contributed by atoms with Gasteiger partial charge in [-0.25, -0.2) is 8.78 Å². The van der Waals surface area contributed by atoms with Crippen molar-refractivity contribution in [3.63, 3.8) is 0 Å². The Hall–Kier alpha value is -1.12. The molecule has 0 N–H and O–H groups in total. The van der Waals surface area contributed by atoms with Gasteiger partial charge in [-0.2, -0.15) is 0 Å². The number of alkyl halides is 1. The van der Waals surface area contributed by atoms with Crippen LogP contribution < -0.4 is 0 Å². The van der Waals surface area contributed by atoms with E-state index in [1.165, 1.54) is 0 Å². The van der Waals surface area contributed by atoms with Crippen LogP contribution in [0, 0.1) is 11.6 Å². The fourth-order valence-corrected chi connectivity index (χ4v) is 2.00. The second kappa shape index (κ2) is 5.03. The average molecular weight is 273 g/mol. The molecule has 88 valence electrons. The number of halogens is 4. The van der Waals surface area contributed by atoms with Crippen molar-refractivity contribution in [2.75, 3.05) is 0 Å². The lowest BCUT2D eigenvalue weighted by Gasteiger charge is -2.11. The molecular formula is C13H8Cl2F2. The van der Waals surface area contributed by atoms with Gasteiger partial charge < -0.3 is 0 Å². The van der Waals surface area contributed by atoms with Gasteiger partial charge >= 0.3 is 0 Å². The topological polar surface area (TPSA) is 0 Å². The third-order valence-electron chi connectivity index (χ3n) is 2.40. The summed E-state index contributed by atoms with van der Waals surface area (Å²) < 4.78 is 26.9. The molecule has 0 radical (unpaired) electrons. The van der Waals surface area contributed by atoms with Crippen molar-refractivity contribution in [3.8, 4) is 0 Å². The molecule has 2 rings (SSSR count). The molecular weight excluding hydrogens is 265 g/mol. The molecule has 0 aliphatic heterocycles. The van der Waals surface area contributed by atoms with Crippen LogP contribution in [0.25, 0.3) is 0 Å². The first kappa shape index (κ1) is 12.3. The van der Waals surface area contributed by atoms with Crippen molar-refractivity contribution in [1.82, 2.24) is 0 Å². The van der Waals surface area contributed by atoms with Crippen LogP contribution in [0.15, 0.2) is 42.5 Å². The monoisotopic (exact) mass is 272 g/mol. The predicted octanol–water partition coefficient (Wildman–Crippen LogP) is 4.95. The molecule has 2 aromatic carbocycles. The van der Waals surface area contributed by atoms with Crippen molar-refractivity contribution in [1.29, 1.82) is 0 Å². The van der Waals surface area contributed by atoms with Gasteiger partial charge in [0.15, 0.2) is 0 Å². The summed E-state index contributed by atoms with van der Waals surface area (Å²) in [4.78, 5) is 0. The van der Waals surface area contributed by atoms with Crippen molar-refractivity contribution >= 4 is 23.2 Å². The van der Waals surface area contributed by atoms with Gasteiger partial charge in [-0.1, -0.05) is 41.9 Å². The quantitative estimate of drug-likeness (QED) is 0.536. The van der Waals surface area contributed by atoms with Crippen LogP contribution in [0.5, 0.6) is 0 Å². The fourth-order valence-electron chi connectivity index (χ4n) is 1.53. The molecule has 0 heterocycles. The van der Waals surface area contributed by atoms with E-state index in [1.807, 2.05) is 6.07 Å². The molecule has 0 bridgehead atoms. The van der Waals surface area contributed by atoms with E-state index in [2.05, 4.69) is 0 Å². The molecule has 2 aromatic rings. The molecule has 0 aliphatic carbocycles.